The van der Waals surface area contributed by atoms with Crippen LogP contribution in [0, 0.1) is 6.92 Å². The quantitative estimate of drug-likeness (QED) is 0.778. The zero-order valence-electron chi connectivity index (χ0n) is 12.6. The Morgan fingerprint density at radius 3 is 2.59 bits per heavy atom. The molecule has 0 bridgehead atoms. The van der Waals surface area contributed by atoms with E-state index in [0.717, 1.165) is 27.0 Å². The van der Waals surface area contributed by atoms with Crippen molar-refractivity contribution in [2.45, 2.75) is 13.8 Å². The van der Waals surface area contributed by atoms with Crippen LogP contribution >= 0.6 is 15.9 Å². The molecule has 0 fully saturated rings. The van der Waals surface area contributed by atoms with Gasteiger partial charge in [0.1, 0.15) is 5.75 Å². The van der Waals surface area contributed by atoms with E-state index in [1.807, 2.05) is 56.3 Å². The van der Waals surface area contributed by atoms with Crippen LogP contribution in [0.3, 0.4) is 0 Å². The lowest BCUT2D eigenvalue weighted by Gasteiger charge is -2.05. The molecule has 2 aromatic rings. The van der Waals surface area contributed by atoms with E-state index in [9.17, 15) is 4.79 Å². The lowest BCUT2D eigenvalue weighted by molar-refractivity contribution is -0.111. The fourth-order valence-corrected chi connectivity index (χ4v) is 2.17. The number of nitrogens with one attached hydrogen (secondary N) is 1. The van der Waals surface area contributed by atoms with Gasteiger partial charge in [-0.3, -0.25) is 4.79 Å². The van der Waals surface area contributed by atoms with Crippen molar-refractivity contribution in [3.05, 3.63) is 64.1 Å². The lowest BCUT2D eigenvalue weighted by Crippen LogP contribution is -2.07. The van der Waals surface area contributed by atoms with Crippen molar-refractivity contribution >= 4 is 33.6 Å². The van der Waals surface area contributed by atoms with E-state index in [-0.39, 0.29) is 5.91 Å². The number of benzene rings is 2. The normalized spacial score (nSPS) is 10.7. The third kappa shape index (κ3) is 4.74. The molecule has 0 aliphatic carbocycles. The van der Waals surface area contributed by atoms with Crippen LogP contribution in [-0.2, 0) is 4.79 Å². The van der Waals surface area contributed by atoms with Crippen LogP contribution in [0.4, 0.5) is 5.69 Å². The molecule has 1 N–H and O–H groups in total. The summed E-state index contributed by atoms with van der Waals surface area (Å²) in [5.41, 5.74) is 2.81. The first kappa shape index (κ1) is 16.3. The van der Waals surface area contributed by atoms with Gasteiger partial charge in [0.25, 0.3) is 0 Å². The Bertz CT molecular complexity index is 678. The first-order chi connectivity index (χ1) is 10.6. The number of ether oxygens (including phenoxy) is 1. The smallest absolute Gasteiger partial charge is 0.248 e. The molecule has 4 heteroatoms. The highest BCUT2D eigenvalue weighted by molar-refractivity contribution is 9.10. The van der Waals surface area contributed by atoms with E-state index in [1.165, 1.54) is 6.08 Å². The van der Waals surface area contributed by atoms with Gasteiger partial charge in [0.2, 0.25) is 5.91 Å². The highest BCUT2D eigenvalue weighted by atomic mass is 79.9. The minimum Gasteiger partial charge on any atom is -0.494 e. The average Bonchev–Trinajstić information content (AvgIpc) is 2.51. The second kappa shape index (κ2) is 7.80. The molecule has 114 valence electrons. The number of anilines is 1. The summed E-state index contributed by atoms with van der Waals surface area (Å²) in [6.07, 6.45) is 3.30. The molecule has 0 aliphatic heterocycles. The molecule has 0 aromatic heterocycles. The van der Waals surface area contributed by atoms with Crippen LogP contribution in [0.1, 0.15) is 18.1 Å². The largest absolute Gasteiger partial charge is 0.494 e. The summed E-state index contributed by atoms with van der Waals surface area (Å²) in [6, 6.07) is 13.3. The SMILES string of the molecule is CCOc1ccc(C=CC(=O)Nc2ccc(Br)c(C)c2)cc1. The van der Waals surface area contributed by atoms with Crippen molar-refractivity contribution < 1.29 is 9.53 Å². The van der Waals surface area contributed by atoms with E-state index in [4.69, 9.17) is 4.74 Å². The fraction of sp³-hybridized carbons (Fsp3) is 0.167. The first-order valence-corrected chi connectivity index (χ1v) is 7.86. The van der Waals surface area contributed by atoms with Gasteiger partial charge in [-0.1, -0.05) is 28.1 Å². The zero-order chi connectivity index (χ0) is 15.9. The summed E-state index contributed by atoms with van der Waals surface area (Å²) in [7, 11) is 0. The van der Waals surface area contributed by atoms with Crippen LogP contribution in [0.25, 0.3) is 6.08 Å². The van der Waals surface area contributed by atoms with E-state index < -0.39 is 0 Å². The van der Waals surface area contributed by atoms with Gasteiger partial charge in [0, 0.05) is 16.2 Å². The Morgan fingerprint density at radius 1 is 1.23 bits per heavy atom. The summed E-state index contributed by atoms with van der Waals surface area (Å²) in [4.78, 5) is 11.9. The molecule has 3 nitrogen and oxygen atoms in total. The number of rotatable bonds is 5. The van der Waals surface area contributed by atoms with Gasteiger partial charge in [0.05, 0.1) is 6.61 Å². The Morgan fingerprint density at radius 2 is 1.95 bits per heavy atom. The summed E-state index contributed by atoms with van der Waals surface area (Å²) in [6.45, 7) is 4.57. The van der Waals surface area contributed by atoms with Crippen LogP contribution in [0.2, 0.25) is 0 Å². The predicted molar refractivity (Wildman–Crippen MR) is 94.2 cm³/mol. The molecule has 0 saturated heterocycles. The molecular formula is C18H18BrNO2. The van der Waals surface area contributed by atoms with Crippen molar-refractivity contribution in [1.82, 2.24) is 0 Å². The molecule has 0 saturated carbocycles. The summed E-state index contributed by atoms with van der Waals surface area (Å²) in [5.74, 6) is 0.671. The van der Waals surface area contributed by atoms with Gasteiger partial charge in [-0.2, -0.15) is 0 Å². The molecule has 2 rings (SSSR count). The Labute approximate surface area is 139 Å². The Hall–Kier alpha value is -2.07. The average molecular weight is 360 g/mol. The topological polar surface area (TPSA) is 38.3 Å². The molecular weight excluding hydrogens is 342 g/mol. The van der Waals surface area contributed by atoms with Gasteiger partial charge in [-0.05, 0) is 61.4 Å². The molecule has 2 aromatic carbocycles. The fourth-order valence-electron chi connectivity index (χ4n) is 1.92. The number of hydrogen-bond acceptors (Lipinski definition) is 2. The number of halogens is 1. The Balaban J connectivity index is 1.97. The Kier molecular flexibility index (Phi) is 5.78. The molecule has 0 atom stereocenters. The van der Waals surface area contributed by atoms with Crippen molar-refractivity contribution in [3.63, 3.8) is 0 Å². The van der Waals surface area contributed by atoms with E-state index in [2.05, 4.69) is 21.2 Å². The van der Waals surface area contributed by atoms with Crippen LogP contribution in [0.5, 0.6) is 5.75 Å². The van der Waals surface area contributed by atoms with Crippen molar-refractivity contribution in [2.24, 2.45) is 0 Å². The molecule has 0 spiro atoms. The molecule has 0 unspecified atom stereocenters. The number of hydrogen-bond donors (Lipinski definition) is 1. The van der Waals surface area contributed by atoms with E-state index in [0.29, 0.717) is 6.61 Å². The maximum Gasteiger partial charge on any atom is 0.248 e. The highest BCUT2D eigenvalue weighted by Crippen LogP contribution is 2.20. The second-order valence-corrected chi connectivity index (χ2v) is 5.64. The standard InChI is InChI=1S/C18H18BrNO2/c1-3-22-16-8-4-14(5-9-16)6-11-18(21)20-15-7-10-17(19)13(2)12-15/h4-12H,3H2,1-2H3,(H,20,21). The lowest BCUT2D eigenvalue weighted by atomic mass is 10.2. The van der Waals surface area contributed by atoms with Gasteiger partial charge < -0.3 is 10.1 Å². The molecule has 0 heterocycles. The van der Waals surface area contributed by atoms with Crippen LogP contribution in [0.15, 0.2) is 53.0 Å². The minimum absolute atomic E-state index is 0.157. The molecule has 0 aliphatic rings. The number of aryl methyl sites for hydroxylation is 1. The van der Waals surface area contributed by atoms with Gasteiger partial charge >= 0.3 is 0 Å². The number of amides is 1. The molecule has 22 heavy (non-hydrogen) atoms. The summed E-state index contributed by atoms with van der Waals surface area (Å²) >= 11 is 3.44. The monoisotopic (exact) mass is 359 g/mol. The van der Waals surface area contributed by atoms with Gasteiger partial charge in [-0.15, -0.1) is 0 Å². The van der Waals surface area contributed by atoms with Crippen molar-refractivity contribution in [2.75, 3.05) is 11.9 Å². The molecule has 0 radical (unpaired) electrons. The third-order valence-electron chi connectivity index (χ3n) is 3.04. The maximum absolute atomic E-state index is 11.9. The van der Waals surface area contributed by atoms with Crippen LogP contribution < -0.4 is 10.1 Å². The highest BCUT2D eigenvalue weighted by Gasteiger charge is 2.00. The number of carbonyl (C=O) groups excluding carboxylic acids is 1. The van der Waals surface area contributed by atoms with Gasteiger partial charge in [-0.25, -0.2) is 0 Å². The second-order valence-electron chi connectivity index (χ2n) is 4.79. The number of carbonyl (C=O) groups is 1. The summed E-state index contributed by atoms with van der Waals surface area (Å²) < 4.78 is 6.40. The first-order valence-electron chi connectivity index (χ1n) is 7.06. The van der Waals surface area contributed by atoms with Crippen molar-refractivity contribution in [3.8, 4) is 5.75 Å². The minimum atomic E-state index is -0.157. The van der Waals surface area contributed by atoms with E-state index >= 15 is 0 Å². The maximum atomic E-state index is 11.9. The predicted octanol–water partition coefficient (Wildman–Crippen LogP) is 4.81. The van der Waals surface area contributed by atoms with Crippen molar-refractivity contribution in [1.29, 1.82) is 0 Å². The summed E-state index contributed by atoms with van der Waals surface area (Å²) in [5, 5.41) is 2.84. The third-order valence-corrected chi connectivity index (χ3v) is 3.93. The van der Waals surface area contributed by atoms with Crippen LogP contribution in [-0.4, -0.2) is 12.5 Å². The van der Waals surface area contributed by atoms with E-state index in [1.54, 1.807) is 6.08 Å². The zero-order valence-corrected chi connectivity index (χ0v) is 14.2. The van der Waals surface area contributed by atoms with Gasteiger partial charge in [0.15, 0.2) is 0 Å². The molecule has 1 amide bonds.